The summed E-state index contributed by atoms with van der Waals surface area (Å²) in [6, 6.07) is 5.61. The third kappa shape index (κ3) is 3.90. The van der Waals surface area contributed by atoms with Gasteiger partial charge in [-0.2, -0.15) is 0 Å². The summed E-state index contributed by atoms with van der Waals surface area (Å²) in [5, 5.41) is 20.9. The molecule has 2 rings (SSSR count). The van der Waals surface area contributed by atoms with E-state index in [0.29, 0.717) is 15.2 Å². The minimum atomic E-state index is -0.499. The first-order valence-corrected chi connectivity index (χ1v) is 7.11. The summed E-state index contributed by atoms with van der Waals surface area (Å²) in [5.74, 6) is -0.0800. The lowest BCUT2D eigenvalue weighted by Gasteiger charge is -2.03. The van der Waals surface area contributed by atoms with Gasteiger partial charge in [-0.15, -0.1) is 10.2 Å². The Bertz CT molecular complexity index is 628. The lowest BCUT2D eigenvalue weighted by Crippen LogP contribution is -2.13. The van der Waals surface area contributed by atoms with E-state index in [9.17, 15) is 14.9 Å². The number of nitro groups is 1. The van der Waals surface area contributed by atoms with Crippen LogP contribution in [0.2, 0.25) is 0 Å². The highest BCUT2D eigenvalue weighted by Crippen LogP contribution is 2.23. The molecule has 1 heterocycles. The molecule has 0 aliphatic heterocycles. The van der Waals surface area contributed by atoms with Crippen molar-refractivity contribution in [3.8, 4) is 0 Å². The van der Waals surface area contributed by atoms with E-state index in [1.807, 2.05) is 0 Å². The third-order valence-electron chi connectivity index (χ3n) is 2.11. The van der Waals surface area contributed by atoms with Gasteiger partial charge >= 0.3 is 0 Å². The normalized spacial score (nSPS) is 10.2. The van der Waals surface area contributed by atoms with Crippen LogP contribution in [0.15, 0.2) is 28.6 Å². The van der Waals surface area contributed by atoms with Crippen molar-refractivity contribution in [3.63, 3.8) is 0 Å². The Morgan fingerprint density at radius 1 is 1.40 bits per heavy atom. The summed E-state index contributed by atoms with van der Waals surface area (Å²) >= 11 is 2.43. The lowest BCUT2D eigenvalue weighted by atomic mass is 10.3. The van der Waals surface area contributed by atoms with Gasteiger partial charge in [-0.25, -0.2) is 0 Å². The van der Waals surface area contributed by atoms with Gasteiger partial charge in [0.05, 0.1) is 10.7 Å². The summed E-state index contributed by atoms with van der Waals surface area (Å²) < 4.78 is 0.612. The van der Waals surface area contributed by atoms with Gasteiger partial charge in [0.15, 0.2) is 4.34 Å². The van der Waals surface area contributed by atoms with Crippen LogP contribution >= 0.6 is 23.1 Å². The molecule has 10 heteroatoms. The van der Waals surface area contributed by atoms with Crippen LogP contribution in [0.4, 0.5) is 16.5 Å². The second-order valence-corrected chi connectivity index (χ2v) is 5.78. The fourth-order valence-electron chi connectivity index (χ4n) is 1.27. The largest absolute Gasteiger partial charge is 0.374 e. The van der Waals surface area contributed by atoms with Crippen molar-refractivity contribution in [1.29, 1.82) is 0 Å². The number of nitro benzene ring substituents is 1. The number of carbonyl (C=O) groups is 1. The van der Waals surface area contributed by atoms with Crippen molar-refractivity contribution >= 4 is 45.5 Å². The van der Waals surface area contributed by atoms with Crippen LogP contribution in [0, 0.1) is 10.1 Å². The molecule has 8 nitrogen and oxygen atoms in total. The number of thioether (sulfide) groups is 1. The molecule has 1 aromatic carbocycles. The van der Waals surface area contributed by atoms with Crippen LogP contribution in [0.3, 0.4) is 0 Å². The number of anilines is 2. The molecule has 20 heavy (non-hydrogen) atoms. The van der Waals surface area contributed by atoms with E-state index in [2.05, 4.69) is 15.5 Å². The van der Waals surface area contributed by atoms with E-state index < -0.39 is 4.92 Å². The van der Waals surface area contributed by atoms with Gasteiger partial charge in [0, 0.05) is 17.8 Å². The Morgan fingerprint density at radius 2 is 2.10 bits per heavy atom. The Morgan fingerprint density at radius 3 is 2.65 bits per heavy atom. The van der Waals surface area contributed by atoms with Gasteiger partial charge in [0.2, 0.25) is 11.0 Å². The number of nitrogens with one attached hydrogen (secondary N) is 1. The smallest absolute Gasteiger partial charge is 0.269 e. The molecule has 0 unspecified atom stereocenters. The number of rotatable bonds is 5. The summed E-state index contributed by atoms with van der Waals surface area (Å²) in [6.45, 7) is 0. The Labute approximate surface area is 121 Å². The molecule has 0 aliphatic carbocycles. The number of non-ortho nitro benzene ring substituents is 1. The molecule has 0 saturated heterocycles. The molecular formula is C10H9N5O3S2. The van der Waals surface area contributed by atoms with E-state index >= 15 is 0 Å². The molecule has 104 valence electrons. The molecule has 0 saturated carbocycles. The highest BCUT2D eigenvalue weighted by Gasteiger charge is 2.08. The first-order chi connectivity index (χ1) is 9.54. The molecule has 3 N–H and O–H groups in total. The number of hydrogen-bond donors (Lipinski definition) is 2. The molecular weight excluding hydrogens is 302 g/mol. The molecule has 0 atom stereocenters. The molecule has 0 fully saturated rings. The topological polar surface area (TPSA) is 124 Å². The number of aromatic nitrogens is 2. The molecule has 1 aromatic heterocycles. The predicted molar refractivity (Wildman–Crippen MR) is 76.8 cm³/mol. The number of nitrogens with two attached hydrogens (primary N) is 1. The molecule has 0 aliphatic rings. The predicted octanol–water partition coefficient (Wildman–Crippen LogP) is 1.76. The molecule has 0 radical (unpaired) electrons. The third-order valence-corrected chi connectivity index (χ3v) is 4.00. The summed E-state index contributed by atoms with van der Waals surface area (Å²) in [4.78, 5) is 21.7. The van der Waals surface area contributed by atoms with Crippen molar-refractivity contribution in [2.24, 2.45) is 0 Å². The number of nitrogen functional groups attached to an aromatic ring is 1. The van der Waals surface area contributed by atoms with Gasteiger partial charge in [-0.3, -0.25) is 14.9 Å². The van der Waals surface area contributed by atoms with Gasteiger partial charge < -0.3 is 11.1 Å². The molecule has 2 aromatic rings. The minimum Gasteiger partial charge on any atom is -0.374 e. The van der Waals surface area contributed by atoms with Crippen LogP contribution in [0.1, 0.15) is 0 Å². The zero-order valence-corrected chi connectivity index (χ0v) is 11.6. The molecule has 1 amide bonds. The van der Waals surface area contributed by atoms with Gasteiger partial charge in [0.25, 0.3) is 5.69 Å². The van der Waals surface area contributed by atoms with Crippen LogP contribution in [-0.4, -0.2) is 26.8 Å². The number of benzene rings is 1. The van der Waals surface area contributed by atoms with E-state index in [4.69, 9.17) is 5.73 Å². The number of carbonyl (C=O) groups excluding carboxylic acids is 1. The first-order valence-electron chi connectivity index (χ1n) is 5.30. The second kappa shape index (κ2) is 6.30. The molecule has 0 bridgehead atoms. The van der Waals surface area contributed by atoms with Crippen molar-refractivity contribution in [2.45, 2.75) is 4.34 Å². The average Bonchev–Trinajstić information content (AvgIpc) is 2.83. The van der Waals surface area contributed by atoms with Crippen LogP contribution in [0.5, 0.6) is 0 Å². The number of hydrogen-bond acceptors (Lipinski definition) is 8. The summed E-state index contributed by atoms with van der Waals surface area (Å²) in [7, 11) is 0. The zero-order chi connectivity index (χ0) is 14.5. The zero-order valence-electron chi connectivity index (χ0n) is 9.98. The van der Waals surface area contributed by atoms with Crippen LogP contribution in [-0.2, 0) is 4.79 Å². The van der Waals surface area contributed by atoms with E-state index in [1.54, 1.807) is 0 Å². The van der Waals surface area contributed by atoms with Crippen molar-refractivity contribution in [3.05, 3.63) is 34.4 Å². The number of nitrogens with zero attached hydrogens (tertiary/aromatic N) is 3. The van der Waals surface area contributed by atoms with Crippen molar-refractivity contribution in [2.75, 3.05) is 16.8 Å². The highest BCUT2D eigenvalue weighted by molar-refractivity contribution is 8.01. The van der Waals surface area contributed by atoms with Gasteiger partial charge in [0.1, 0.15) is 0 Å². The fraction of sp³-hybridized carbons (Fsp3) is 0.100. The second-order valence-electron chi connectivity index (χ2n) is 3.55. The minimum absolute atomic E-state index is 0.0262. The lowest BCUT2D eigenvalue weighted by molar-refractivity contribution is -0.384. The van der Waals surface area contributed by atoms with Crippen LogP contribution in [0.25, 0.3) is 0 Å². The fourth-order valence-corrected chi connectivity index (χ4v) is 2.71. The standard InChI is InChI=1S/C10H9N5O3S2/c11-9-13-14-10(20-9)19-5-8(16)12-6-1-3-7(4-2-6)15(17)18/h1-4H,5H2,(H2,11,13)(H,12,16). The maximum atomic E-state index is 11.7. The average molecular weight is 311 g/mol. The SMILES string of the molecule is Nc1nnc(SCC(=O)Nc2ccc([N+](=O)[O-])cc2)s1. The summed E-state index contributed by atoms with van der Waals surface area (Å²) in [5.41, 5.74) is 5.90. The van der Waals surface area contributed by atoms with Crippen LogP contribution < -0.4 is 11.1 Å². The van der Waals surface area contributed by atoms with Crippen molar-refractivity contribution in [1.82, 2.24) is 10.2 Å². The van der Waals surface area contributed by atoms with E-state index in [1.165, 1.54) is 47.4 Å². The Hall–Kier alpha value is -2.20. The maximum Gasteiger partial charge on any atom is 0.269 e. The Balaban J connectivity index is 1.86. The van der Waals surface area contributed by atoms with Gasteiger partial charge in [-0.1, -0.05) is 23.1 Å². The highest BCUT2D eigenvalue weighted by atomic mass is 32.2. The molecule has 0 spiro atoms. The summed E-state index contributed by atoms with van der Waals surface area (Å²) in [6.07, 6.45) is 0. The monoisotopic (exact) mass is 311 g/mol. The van der Waals surface area contributed by atoms with E-state index in [-0.39, 0.29) is 17.3 Å². The quantitative estimate of drug-likeness (QED) is 0.489. The maximum absolute atomic E-state index is 11.7. The van der Waals surface area contributed by atoms with Gasteiger partial charge in [-0.05, 0) is 12.1 Å². The van der Waals surface area contributed by atoms with Crippen molar-refractivity contribution < 1.29 is 9.72 Å². The Kier molecular flexibility index (Phi) is 4.48. The van der Waals surface area contributed by atoms with E-state index in [0.717, 1.165) is 0 Å². The number of amides is 1. The first kappa shape index (κ1) is 14.2.